The van der Waals surface area contributed by atoms with Crippen molar-refractivity contribution in [1.29, 1.82) is 0 Å². The third kappa shape index (κ3) is 4.44. The summed E-state index contributed by atoms with van der Waals surface area (Å²) in [6.45, 7) is 2.00. The summed E-state index contributed by atoms with van der Waals surface area (Å²) in [6.07, 6.45) is -0.280. The second kappa shape index (κ2) is 7.67. The van der Waals surface area contributed by atoms with Crippen LogP contribution in [0.3, 0.4) is 0 Å². The highest BCUT2D eigenvalue weighted by atomic mass is 35.5. The van der Waals surface area contributed by atoms with Crippen molar-refractivity contribution in [2.75, 3.05) is 0 Å². The molecule has 3 aromatic rings. The molecule has 0 fully saturated rings. The topological polar surface area (TPSA) is 42.2 Å². The average Bonchev–Trinajstić information content (AvgIpc) is 2.81. The number of benzene rings is 2. The molecule has 9 heteroatoms. The summed E-state index contributed by atoms with van der Waals surface area (Å²) in [5, 5.41) is 9.53. The number of carbonyl (C=O) groups is 1. The van der Waals surface area contributed by atoms with E-state index in [2.05, 4.69) is 0 Å². The molecule has 3 nitrogen and oxygen atoms in total. The third-order valence-corrected chi connectivity index (χ3v) is 5.35. The number of rotatable bonds is 5. The Kier molecular flexibility index (Phi) is 5.63. The van der Waals surface area contributed by atoms with Crippen molar-refractivity contribution in [2.24, 2.45) is 0 Å². The Morgan fingerprint density at radius 3 is 2.43 bits per heavy atom. The minimum absolute atomic E-state index is 0.0713. The van der Waals surface area contributed by atoms with Gasteiger partial charge in [0.25, 0.3) is 0 Å². The number of alkyl halides is 3. The van der Waals surface area contributed by atoms with Crippen LogP contribution in [0.2, 0.25) is 5.02 Å². The highest BCUT2D eigenvalue weighted by molar-refractivity contribution is 8.00. The number of nitrogens with zero attached hydrogens (tertiary/aromatic N) is 1. The van der Waals surface area contributed by atoms with E-state index in [4.69, 9.17) is 11.6 Å². The zero-order chi connectivity index (χ0) is 20.6. The molecule has 0 saturated heterocycles. The molecule has 0 atom stereocenters. The standard InChI is InChI=1S/C19H14ClF4NO2S/c1-10-13(7-18(26)27)14-6-16(21)15(20)8-17(14)25(10)9-11-2-4-12(5-3-11)28-19(22,23)24/h2-6,8H,7,9H2,1H3,(H,26,27). The predicted molar refractivity (Wildman–Crippen MR) is 100 cm³/mol. The van der Waals surface area contributed by atoms with Crippen LogP contribution in [0.4, 0.5) is 17.6 Å². The lowest BCUT2D eigenvalue weighted by Crippen LogP contribution is -2.05. The fourth-order valence-electron chi connectivity index (χ4n) is 3.10. The summed E-state index contributed by atoms with van der Waals surface area (Å²) in [6, 6.07) is 8.53. The van der Waals surface area contributed by atoms with Crippen molar-refractivity contribution in [3.8, 4) is 0 Å². The van der Waals surface area contributed by atoms with E-state index in [9.17, 15) is 27.5 Å². The molecule has 0 amide bonds. The SMILES string of the molecule is Cc1c(CC(=O)O)c2cc(F)c(Cl)cc2n1Cc1ccc(SC(F)(F)F)cc1. The minimum Gasteiger partial charge on any atom is -0.481 e. The van der Waals surface area contributed by atoms with Crippen LogP contribution in [0.25, 0.3) is 10.9 Å². The van der Waals surface area contributed by atoms with Crippen LogP contribution in [-0.4, -0.2) is 21.2 Å². The molecule has 0 radical (unpaired) electrons. The molecule has 0 spiro atoms. The summed E-state index contributed by atoms with van der Waals surface area (Å²) in [4.78, 5) is 11.3. The predicted octanol–water partition coefficient (Wildman–Crippen LogP) is 6.03. The highest BCUT2D eigenvalue weighted by Crippen LogP contribution is 2.37. The monoisotopic (exact) mass is 431 g/mol. The molecule has 0 aliphatic heterocycles. The van der Waals surface area contributed by atoms with E-state index in [1.807, 2.05) is 0 Å². The van der Waals surface area contributed by atoms with E-state index in [0.29, 0.717) is 27.7 Å². The van der Waals surface area contributed by atoms with Crippen molar-refractivity contribution >= 4 is 40.2 Å². The molecule has 3 rings (SSSR count). The van der Waals surface area contributed by atoms with Crippen molar-refractivity contribution in [1.82, 2.24) is 4.57 Å². The first kappa shape index (κ1) is 20.5. The van der Waals surface area contributed by atoms with Gasteiger partial charge in [0, 0.05) is 22.5 Å². The van der Waals surface area contributed by atoms with Crippen molar-refractivity contribution < 1.29 is 27.5 Å². The van der Waals surface area contributed by atoms with Crippen LogP contribution >= 0.6 is 23.4 Å². The van der Waals surface area contributed by atoms with Gasteiger partial charge in [0.15, 0.2) is 0 Å². The quantitative estimate of drug-likeness (QED) is 0.396. The number of fused-ring (bicyclic) bond motifs is 1. The Hall–Kier alpha value is -2.19. The summed E-state index contributed by atoms with van der Waals surface area (Å²) >= 11 is 5.70. The van der Waals surface area contributed by atoms with Crippen LogP contribution < -0.4 is 0 Å². The van der Waals surface area contributed by atoms with Gasteiger partial charge in [0.1, 0.15) is 5.82 Å². The number of carboxylic acids is 1. The summed E-state index contributed by atoms with van der Waals surface area (Å²) in [5.74, 6) is -1.70. The molecule has 1 heterocycles. The number of carboxylic acid groups (broad SMARTS) is 1. The van der Waals surface area contributed by atoms with Crippen LogP contribution in [0.15, 0.2) is 41.3 Å². The van der Waals surface area contributed by atoms with E-state index in [1.165, 1.54) is 24.3 Å². The molecule has 1 N–H and O–H groups in total. The lowest BCUT2D eigenvalue weighted by molar-refractivity contribution is -0.136. The normalized spacial score (nSPS) is 11.9. The van der Waals surface area contributed by atoms with Gasteiger partial charge in [-0.25, -0.2) is 4.39 Å². The molecule has 0 saturated carbocycles. The van der Waals surface area contributed by atoms with Gasteiger partial charge in [-0.15, -0.1) is 0 Å². The zero-order valence-electron chi connectivity index (χ0n) is 14.5. The first-order valence-electron chi connectivity index (χ1n) is 8.08. The summed E-state index contributed by atoms with van der Waals surface area (Å²) in [7, 11) is 0. The number of aromatic nitrogens is 1. The summed E-state index contributed by atoms with van der Waals surface area (Å²) < 4.78 is 53.1. The Morgan fingerprint density at radius 2 is 1.86 bits per heavy atom. The van der Waals surface area contributed by atoms with Crippen LogP contribution in [0.5, 0.6) is 0 Å². The second-order valence-electron chi connectivity index (χ2n) is 6.20. The Labute approximate surface area is 166 Å². The fourth-order valence-corrected chi connectivity index (χ4v) is 3.79. The van der Waals surface area contributed by atoms with E-state index in [-0.39, 0.29) is 34.6 Å². The van der Waals surface area contributed by atoms with E-state index < -0.39 is 17.3 Å². The van der Waals surface area contributed by atoms with E-state index in [1.54, 1.807) is 23.6 Å². The van der Waals surface area contributed by atoms with Gasteiger partial charge in [-0.05, 0) is 54.1 Å². The average molecular weight is 432 g/mol. The lowest BCUT2D eigenvalue weighted by Gasteiger charge is -2.11. The molecule has 0 aliphatic carbocycles. The lowest BCUT2D eigenvalue weighted by atomic mass is 10.1. The molecule has 0 aliphatic rings. The maximum Gasteiger partial charge on any atom is 0.446 e. The van der Waals surface area contributed by atoms with Gasteiger partial charge in [-0.1, -0.05) is 23.7 Å². The van der Waals surface area contributed by atoms with Gasteiger partial charge in [-0.2, -0.15) is 13.2 Å². The van der Waals surface area contributed by atoms with Gasteiger partial charge in [0.05, 0.1) is 17.0 Å². The molecular weight excluding hydrogens is 418 g/mol. The zero-order valence-corrected chi connectivity index (χ0v) is 16.1. The van der Waals surface area contributed by atoms with E-state index >= 15 is 0 Å². The van der Waals surface area contributed by atoms with Crippen molar-refractivity contribution in [3.63, 3.8) is 0 Å². The molecule has 0 bridgehead atoms. The number of hydrogen-bond donors (Lipinski definition) is 1. The molecular formula is C19H14ClF4NO2S. The van der Waals surface area contributed by atoms with Gasteiger partial charge < -0.3 is 9.67 Å². The maximum absolute atomic E-state index is 13.9. The van der Waals surface area contributed by atoms with Crippen LogP contribution in [0, 0.1) is 12.7 Å². The smallest absolute Gasteiger partial charge is 0.446 e. The van der Waals surface area contributed by atoms with Crippen LogP contribution in [0.1, 0.15) is 16.8 Å². The Balaban J connectivity index is 2.02. The molecule has 0 unspecified atom stereocenters. The molecule has 28 heavy (non-hydrogen) atoms. The van der Waals surface area contributed by atoms with Gasteiger partial charge in [-0.3, -0.25) is 4.79 Å². The third-order valence-electron chi connectivity index (χ3n) is 4.32. The molecule has 148 valence electrons. The van der Waals surface area contributed by atoms with Gasteiger partial charge in [0.2, 0.25) is 0 Å². The minimum atomic E-state index is -4.36. The first-order chi connectivity index (χ1) is 13.0. The highest BCUT2D eigenvalue weighted by Gasteiger charge is 2.29. The first-order valence-corrected chi connectivity index (χ1v) is 9.28. The Bertz CT molecular complexity index is 1040. The number of hydrogen-bond acceptors (Lipinski definition) is 2. The van der Waals surface area contributed by atoms with Crippen molar-refractivity contribution in [2.45, 2.75) is 30.3 Å². The number of aliphatic carboxylic acids is 1. The fraction of sp³-hybridized carbons (Fsp3) is 0.211. The second-order valence-corrected chi connectivity index (χ2v) is 7.74. The largest absolute Gasteiger partial charge is 0.481 e. The van der Waals surface area contributed by atoms with Gasteiger partial charge >= 0.3 is 11.5 Å². The molecule has 1 aromatic heterocycles. The Morgan fingerprint density at radius 1 is 1.21 bits per heavy atom. The number of halogens is 5. The maximum atomic E-state index is 13.9. The molecule has 2 aromatic carbocycles. The van der Waals surface area contributed by atoms with E-state index in [0.717, 1.165) is 0 Å². The van der Waals surface area contributed by atoms with Crippen molar-refractivity contribution in [3.05, 3.63) is 64.1 Å². The number of thioether (sulfide) groups is 1. The summed E-state index contributed by atoms with van der Waals surface area (Å²) in [5.41, 5.74) is -1.97. The van der Waals surface area contributed by atoms with Crippen LogP contribution in [-0.2, 0) is 17.8 Å².